The van der Waals surface area contributed by atoms with Gasteiger partial charge in [0.1, 0.15) is 0 Å². The predicted octanol–water partition coefficient (Wildman–Crippen LogP) is 2.84. The summed E-state index contributed by atoms with van der Waals surface area (Å²) in [6.07, 6.45) is 5.69. The maximum atomic E-state index is 2.59. The van der Waals surface area contributed by atoms with Crippen LogP contribution in [0.15, 0.2) is 0 Å². The molecule has 0 amide bonds. The summed E-state index contributed by atoms with van der Waals surface area (Å²) in [6.45, 7) is 11.7. The van der Waals surface area contributed by atoms with Crippen molar-refractivity contribution in [3.8, 4) is 0 Å². The van der Waals surface area contributed by atoms with Crippen LogP contribution in [0.5, 0.6) is 0 Å². The number of hydrogen-bond donors (Lipinski definition) is 0. The van der Waals surface area contributed by atoms with Crippen molar-refractivity contribution in [2.24, 2.45) is 5.92 Å². The van der Waals surface area contributed by atoms with Gasteiger partial charge < -0.3 is 9.80 Å². The van der Waals surface area contributed by atoms with Gasteiger partial charge in [-0.05, 0) is 51.7 Å². The van der Waals surface area contributed by atoms with Crippen LogP contribution >= 0.6 is 0 Å². The fraction of sp³-hybridized carbons (Fsp3) is 1.00. The number of nitrogens with zero attached hydrogens (tertiary/aromatic N) is 2. The highest BCUT2D eigenvalue weighted by Crippen LogP contribution is 2.26. The molecule has 0 aromatic rings. The smallest absolute Gasteiger partial charge is 0.0109 e. The molecule has 96 valence electrons. The Morgan fingerprint density at radius 2 is 1.50 bits per heavy atom. The molecule has 2 nitrogen and oxygen atoms in total. The van der Waals surface area contributed by atoms with E-state index in [1.165, 1.54) is 51.9 Å². The summed E-state index contributed by atoms with van der Waals surface area (Å²) in [5, 5.41) is 0. The van der Waals surface area contributed by atoms with E-state index in [9.17, 15) is 0 Å². The zero-order valence-corrected chi connectivity index (χ0v) is 11.7. The van der Waals surface area contributed by atoms with E-state index in [0.29, 0.717) is 0 Å². The number of hydrogen-bond acceptors (Lipinski definition) is 2. The largest absolute Gasteiger partial charge is 0.303 e. The van der Waals surface area contributed by atoms with E-state index >= 15 is 0 Å². The molecule has 0 saturated heterocycles. The highest BCUT2D eigenvalue weighted by Gasteiger charge is 2.21. The second-order valence-electron chi connectivity index (χ2n) is 5.42. The third-order valence-electron chi connectivity index (χ3n) is 4.27. The molecular formula is C14H30N2. The van der Waals surface area contributed by atoms with Crippen molar-refractivity contribution in [1.29, 1.82) is 0 Å². The summed E-state index contributed by atoms with van der Waals surface area (Å²) < 4.78 is 0. The molecule has 0 aromatic heterocycles. The molecule has 0 spiro atoms. The number of likely N-dealkylation sites (N-methyl/N-ethyl adjacent to an activating group) is 2. The first-order valence-electron chi connectivity index (χ1n) is 7.09. The molecule has 1 rings (SSSR count). The predicted molar refractivity (Wildman–Crippen MR) is 71.8 cm³/mol. The van der Waals surface area contributed by atoms with Crippen molar-refractivity contribution in [2.75, 3.05) is 33.2 Å². The molecule has 0 unspecified atom stereocenters. The second kappa shape index (κ2) is 7.29. The van der Waals surface area contributed by atoms with Crippen molar-refractivity contribution in [1.82, 2.24) is 9.80 Å². The van der Waals surface area contributed by atoms with Crippen LogP contribution in [-0.4, -0.2) is 49.1 Å². The van der Waals surface area contributed by atoms with Gasteiger partial charge in [-0.25, -0.2) is 0 Å². The molecule has 0 aromatic carbocycles. The van der Waals surface area contributed by atoms with Gasteiger partial charge in [-0.3, -0.25) is 0 Å². The van der Waals surface area contributed by atoms with Gasteiger partial charge in [0, 0.05) is 19.1 Å². The molecule has 0 N–H and O–H groups in total. The molecule has 0 aliphatic heterocycles. The summed E-state index contributed by atoms with van der Waals surface area (Å²) in [6, 6.07) is 0.853. The third kappa shape index (κ3) is 4.42. The lowest BCUT2D eigenvalue weighted by Crippen LogP contribution is -2.40. The Morgan fingerprint density at radius 3 is 2.00 bits per heavy atom. The van der Waals surface area contributed by atoms with Crippen molar-refractivity contribution in [2.45, 2.75) is 52.5 Å². The van der Waals surface area contributed by atoms with E-state index < -0.39 is 0 Å². The van der Waals surface area contributed by atoms with E-state index in [4.69, 9.17) is 0 Å². The summed E-state index contributed by atoms with van der Waals surface area (Å²) in [7, 11) is 2.31. The molecule has 1 saturated carbocycles. The standard InChI is InChI=1S/C14H30N2/c1-5-16(6-2)12-11-15(4)14-9-7-13(3)8-10-14/h13-14H,5-12H2,1-4H3. The molecule has 0 heterocycles. The van der Waals surface area contributed by atoms with Crippen LogP contribution in [0, 0.1) is 5.92 Å². The van der Waals surface area contributed by atoms with E-state index in [-0.39, 0.29) is 0 Å². The zero-order valence-electron chi connectivity index (χ0n) is 11.7. The van der Waals surface area contributed by atoms with Crippen LogP contribution in [0.2, 0.25) is 0 Å². The Hall–Kier alpha value is -0.0800. The summed E-state index contributed by atoms with van der Waals surface area (Å²) in [5.41, 5.74) is 0. The molecule has 0 bridgehead atoms. The monoisotopic (exact) mass is 226 g/mol. The Bertz CT molecular complexity index is 170. The molecule has 0 radical (unpaired) electrons. The fourth-order valence-electron chi connectivity index (χ4n) is 2.70. The van der Waals surface area contributed by atoms with Gasteiger partial charge in [-0.15, -0.1) is 0 Å². The topological polar surface area (TPSA) is 6.48 Å². The van der Waals surface area contributed by atoms with Crippen molar-refractivity contribution in [3.05, 3.63) is 0 Å². The average Bonchev–Trinajstić information content (AvgIpc) is 2.31. The van der Waals surface area contributed by atoms with E-state index in [1.807, 2.05) is 0 Å². The lowest BCUT2D eigenvalue weighted by Gasteiger charge is -2.34. The average molecular weight is 226 g/mol. The fourth-order valence-corrected chi connectivity index (χ4v) is 2.70. The zero-order chi connectivity index (χ0) is 12.0. The molecule has 1 aliphatic rings. The summed E-state index contributed by atoms with van der Waals surface area (Å²) in [5.74, 6) is 0.965. The van der Waals surface area contributed by atoms with Crippen LogP contribution in [0.25, 0.3) is 0 Å². The van der Waals surface area contributed by atoms with E-state index in [0.717, 1.165) is 12.0 Å². The minimum Gasteiger partial charge on any atom is -0.303 e. The van der Waals surface area contributed by atoms with Crippen LogP contribution in [0.4, 0.5) is 0 Å². The quantitative estimate of drug-likeness (QED) is 0.687. The highest BCUT2D eigenvalue weighted by atomic mass is 15.2. The molecule has 1 fully saturated rings. The van der Waals surface area contributed by atoms with Crippen LogP contribution in [-0.2, 0) is 0 Å². The van der Waals surface area contributed by atoms with Gasteiger partial charge >= 0.3 is 0 Å². The van der Waals surface area contributed by atoms with Crippen LogP contribution < -0.4 is 0 Å². The minimum atomic E-state index is 0.853. The molecule has 2 heteroatoms. The lowest BCUT2D eigenvalue weighted by molar-refractivity contribution is 0.150. The Morgan fingerprint density at radius 1 is 0.938 bits per heavy atom. The third-order valence-corrected chi connectivity index (χ3v) is 4.27. The lowest BCUT2D eigenvalue weighted by atomic mass is 9.87. The normalized spacial score (nSPS) is 26.6. The molecule has 16 heavy (non-hydrogen) atoms. The Balaban J connectivity index is 2.21. The van der Waals surface area contributed by atoms with Gasteiger partial charge in [-0.2, -0.15) is 0 Å². The maximum absolute atomic E-state index is 2.59. The first-order chi connectivity index (χ1) is 7.67. The van der Waals surface area contributed by atoms with E-state index in [2.05, 4.69) is 37.6 Å². The first kappa shape index (κ1) is 14.0. The van der Waals surface area contributed by atoms with Gasteiger partial charge in [0.2, 0.25) is 0 Å². The molecule has 0 atom stereocenters. The van der Waals surface area contributed by atoms with Crippen molar-refractivity contribution in [3.63, 3.8) is 0 Å². The second-order valence-corrected chi connectivity index (χ2v) is 5.42. The van der Waals surface area contributed by atoms with Crippen molar-refractivity contribution < 1.29 is 0 Å². The Kier molecular flexibility index (Phi) is 6.37. The van der Waals surface area contributed by atoms with E-state index in [1.54, 1.807) is 0 Å². The van der Waals surface area contributed by atoms with Gasteiger partial charge in [0.15, 0.2) is 0 Å². The molecule has 1 aliphatic carbocycles. The molecular weight excluding hydrogens is 196 g/mol. The SMILES string of the molecule is CCN(CC)CCN(C)C1CCC(C)CC1. The van der Waals surface area contributed by atoms with Gasteiger partial charge in [-0.1, -0.05) is 20.8 Å². The van der Waals surface area contributed by atoms with Crippen molar-refractivity contribution >= 4 is 0 Å². The van der Waals surface area contributed by atoms with Crippen LogP contribution in [0.3, 0.4) is 0 Å². The first-order valence-corrected chi connectivity index (χ1v) is 7.09. The highest BCUT2D eigenvalue weighted by molar-refractivity contribution is 4.76. The van der Waals surface area contributed by atoms with Crippen LogP contribution in [0.1, 0.15) is 46.5 Å². The summed E-state index contributed by atoms with van der Waals surface area (Å²) >= 11 is 0. The minimum absolute atomic E-state index is 0.853. The van der Waals surface area contributed by atoms with Gasteiger partial charge in [0.25, 0.3) is 0 Å². The Labute approximate surface area is 102 Å². The maximum Gasteiger partial charge on any atom is 0.0109 e. The summed E-state index contributed by atoms with van der Waals surface area (Å²) in [4.78, 5) is 5.10. The van der Waals surface area contributed by atoms with Gasteiger partial charge in [0.05, 0.1) is 0 Å². The number of rotatable bonds is 6.